The van der Waals surface area contributed by atoms with Crippen LogP contribution in [0.1, 0.15) is 46.0 Å². The molecule has 0 atom stereocenters. The van der Waals surface area contributed by atoms with Crippen molar-refractivity contribution in [1.82, 2.24) is 4.90 Å². The average molecular weight is 274 g/mol. The molecule has 88 valence electrons. The van der Waals surface area contributed by atoms with Crippen molar-refractivity contribution in [2.45, 2.75) is 46.0 Å². The average Bonchev–Trinajstić information content (AvgIpc) is 2.78. The van der Waals surface area contributed by atoms with Gasteiger partial charge in [-0.25, -0.2) is 0 Å². The minimum Gasteiger partial charge on any atom is -0.302 e. The molecule has 0 N–H and O–H groups in total. The second kappa shape index (κ2) is 4.37. The van der Waals surface area contributed by atoms with Crippen LogP contribution >= 0.6 is 15.9 Å². The van der Waals surface area contributed by atoms with Crippen molar-refractivity contribution >= 4 is 15.9 Å². The SMILES string of the molecule is CC(C)(CBr)CN1CCC2(CCCC2)C1. The van der Waals surface area contributed by atoms with Gasteiger partial charge in [0, 0.05) is 18.4 Å². The van der Waals surface area contributed by atoms with Gasteiger partial charge in [-0.2, -0.15) is 0 Å². The van der Waals surface area contributed by atoms with E-state index in [4.69, 9.17) is 0 Å². The van der Waals surface area contributed by atoms with Gasteiger partial charge in [-0.05, 0) is 36.6 Å². The Hall–Kier alpha value is 0.440. The summed E-state index contributed by atoms with van der Waals surface area (Å²) in [5.74, 6) is 0. The molecule has 0 radical (unpaired) electrons. The van der Waals surface area contributed by atoms with Gasteiger partial charge in [0.05, 0.1) is 0 Å². The predicted molar refractivity (Wildman–Crippen MR) is 69.5 cm³/mol. The Labute approximate surface area is 103 Å². The van der Waals surface area contributed by atoms with Crippen LogP contribution in [0.25, 0.3) is 0 Å². The van der Waals surface area contributed by atoms with Crippen molar-refractivity contribution < 1.29 is 0 Å². The van der Waals surface area contributed by atoms with E-state index >= 15 is 0 Å². The minimum absolute atomic E-state index is 0.435. The summed E-state index contributed by atoms with van der Waals surface area (Å²) in [5, 5.41) is 1.11. The molecule has 0 amide bonds. The van der Waals surface area contributed by atoms with Crippen LogP contribution in [0.4, 0.5) is 0 Å². The molecule has 0 aromatic heterocycles. The third-order valence-corrected chi connectivity index (χ3v) is 5.71. The van der Waals surface area contributed by atoms with Crippen molar-refractivity contribution in [3.63, 3.8) is 0 Å². The lowest BCUT2D eigenvalue weighted by atomic mass is 9.85. The van der Waals surface area contributed by atoms with Gasteiger partial charge in [-0.15, -0.1) is 0 Å². The second-order valence-corrected chi connectivity index (χ2v) is 7.03. The molecule has 0 unspecified atom stereocenters. The van der Waals surface area contributed by atoms with Crippen LogP contribution in [0.3, 0.4) is 0 Å². The minimum atomic E-state index is 0.435. The number of likely N-dealkylation sites (tertiary alicyclic amines) is 1. The molecule has 1 aliphatic carbocycles. The third-order valence-electron chi connectivity index (χ3n) is 4.19. The summed E-state index contributed by atoms with van der Waals surface area (Å²) in [5.41, 5.74) is 1.17. The first-order chi connectivity index (χ1) is 7.05. The summed E-state index contributed by atoms with van der Waals surface area (Å²) < 4.78 is 0. The van der Waals surface area contributed by atoms with E-state index in [0.717, 1.165) is 10.7 Å². The maximum Gasteiger partial charge on any atom is 0.00949 e. The fourth-order valence-corrected chi connectivity index (χ4v) is 3.52. The van der Waals surface area contributed by atoms with Gasteiger partial charge in [-0.3, -0.25) is 0 Å². The molecule has 15 heavy (non-hydrogen) atoms. The molecule has 1 saturated heterocycles. The van der Waals surface area contributed by atoms with Crippen molar-refractivity contribution in [2.75, 3.05) is 25.0 Å². The molecule has 2 aliphatic rings. The summed E-state index contributed by atoms with van der Waals surface area (Å²) in [7, 11) is 0. The molecule has 0 aromatic carbocycles. The number of alkyl halides is 1. The first-order valence-corrected chi connectivity index (χ1v) is 7.46. The maximum absolute atomic E-state index is 3.63. The van der Waals surface area contributed by atoms with Crippen LogP contribution in [-0.2, 0) is 0 Å². The van der Waals surface area contributed by atoms with Gasteiger partial charge in [0.2, 0.25) is 0 Å². The Balaban J connectivity index is 1.87. The summed E-state index contributed by atoms with van der Waals surface area (Å²) >= 11 is 3.63. The van der Waals surface area contributed by atoms with Crippen molar-refractivity contribution in [2.24, 2.45) is 10.8 Å². The van der Waals surface area contributed by atoms with Gasteiger partial charge >= 0.3 is 0 Å². The largest absolute Gasteiger partial charge is 0.302 e. The topological polar surface area (TPSA) is 3.24 Å². The second-order valence-electron chi connectivity index (χ2n) is 6.47. The Morgan fingerprint density at radius 1 is 1.20 bits per heavy atom. The van der Waals surface area contributed by atoms with Crippen LogP contribution < -0.4 is 0 Å². The maximum atomic E-state index is 3.63. The molecule has 0 aromatic rings. The predicted octanol–water partition coefficient (Wildman–Crippen LogP) is 3.67. The van der Waals surface area contributed by atoms with E-state index in [1.807, 2.05) is 0 Å². The third kappa shape index (κ3) is 2.76. The summed E-state index contributed by atoms with van der Waals surface area (Å²) in [4.78, 5) is 2.70. The Bertz CT molecular complexity index is 219. The normalized spacial score (nSPS) is 26.6. The lowest BCUT2D eigenvalue weighted by Crippen LogP contribution is -2.35. The van der Waals surface area contributed by atoms with E-state index in [1.165, 1.54) is 51.7 Å². The summed E-state index contributed by atoms with van der Waals surface area (Å²) in [6.07, 6.45) is 7.42. The van der Waals surface area contributed by atoms with Crippen LogP contribution in [-0.4, -0.2) is 29.9 Å². The van der Waals surface area contributed by atoms with Gasteiger partial charge in [-0.1, -0.05) is 42.6 Å². The van der Waals surface area contributed by atoms with Crippen LogP contribution in [0.5, 0.6) is 0 Å². The number of nitrogens with zero attached hydrogens (tertiary/aromatic N) is 1. The lowest BCUT2D eigenvalue weighted by Gasteiger charge is -2.30. The molecular formula is C13H24BrN. The first kappa shape index (κ1) is 11.9. The van der Waals surface area contributed by atoms with Crippen LogP contribution in [0, 0.1) is 10.8 Å². The standard InChI is InChI=1S/C13H24BrN/c1-12(2,9-14)10-15-8-7-13(11-15)5-3-4-6-13/h3-11H2,1-2H3. The lowest BCUT2D eigenvalue weighted by molar-refractivity contribution is 0.202. The molecule has 1 heterocycles. The first-order valence-electron chi connectivity index (χ1n) is 6.34. The Morgan fingerprint density at radius 3 is 2.47 bits per heavy atom. The van der Waals surface area contributed by atoms with Crippen molar-refractivity contribution in [3.05, 3.63) is 0 Å². The number of rotatable bonds is 3. The number of hydrogen-bond donors (Lipinski definition) is 0. The van der Waals surface area contributed by atoms with Crippen molar-refractivity contribution in [3.8, 4) is 0 Å². The van der Waals surface area contributed by atoms with Crippen LogP contribution in [0.2, 0.25) is 0 Å². The molecule has 1 saturated carbocycles. The molecule has 1 spiro atoms. The molecule has 2 rings (SSSR count). The molecule has 1 aliphatic heterocycles. The highest BCUT2D eigenvalue weighted by atomic mass is 79.9. The van der Waals surface area contributed by atoms with E-state index in [0.29, 0.717) is 5.41 Å². The van der Waals surface area contributed by atoms with Gasteiger partial charge in [0.25, 0.3) is 0 Å². The number of halogens is 1. The Morgan fingerprint density at radius 2 is 1.87 bits per heavy atom. The molecule has 0 bridgehead atoms. The summed E-state index contributed by atoms with van der Waals surface area (Å²) in [6, 6.07) is 0. The van der Waals surface area contributed by atoms with Crippen molar-refractivity contribution in [1.29, 1.82) is 0 Å². The molecule has 2 fully saturated rings. The smallest absolute Gasteiger partial charge is 0.00949 e. The monoisotopic (exact) mass is 273 g/mol. The van der Waals surface area contributed by atoms with Gasteiger partial charge < -0.3 is 4.90 Å². The molecule has 1 nitrogen and oxygen atoms in total. The zero-order valence-corrected chi connectivity index (χ0v) is 11.8. The van der Waals surface area contributed by atoms with E-state index < -0.39 is 0 Å². The van der Waals surface area contributed by atoms with E-state index in [2.05, 4.69) is 34.7 Å². The summed E-state index contributed by atoms with van der Waals surface area (Å²) in [6.45, 7) is 8.71. The van der Waals surface area contributed by atoms with E-state index in [9.17, 15) is 0 Å². The fourth-order valence-electron chi connectivity index (χ4n) is 3.34. The van der Waals surface area contributed by atoms with Gasteiger partial charge in [0.1, 0.15) is 0 Å². The highest BCUT2D eigenvalue weighted by Crippen LogP contribution is 2.45. The molecule has 2 heteroatoms. The van der Waals surface area contributed by atoms with E-state index in [1.54, 1.807) is 0 Å². The molecular weight excluding hydrogens is 250 g/mol. The van der Waals surface area contributed by atoms with E-state index in [-0.39, 0.29) is 0 Å². The highest BCUT2D eigenvalue weighted by molar-refractivity contribution is 9.09. The zero-order valence-electron chi connectivity index (χ0n) is 10.2. The fraction of sp³-hybridized carbons (Fsp3) is 1.00. The van der Waals surface area contributed by atoms with Gasteiger partial charge in [0.15, 0.2) is 0 Å². The Kier molecular flexibility index (Phi) is 3.47. The highest BCUT2D eigenvalue weighted by Gasteiger charge is 2.40. The van der Waals surface area contributed by atoms with Crippen LogP contribution in [0.15, 0.2) is 0 Å². The number of hydrogen-bond acceptors (Lipinski definition) is 1. The quantitative estimate of drug-likeness (QED) is 0.710. The zero-order chi connectivity index (χ0) is 10.9.